The van der Waals surface area contributed by atoms with Gasteiger partial charge in [0.05, 0.1) is 17.3 Å². The first-order chi connectivity index (χ1) is 8.50. The summed E-state index contributed by atoms with van der Waals surface area (Å²) < 4.78 is 12.4. The molecule has 0 saturated carbocycles. The van der Waals surface area contributed by atoms with E-state index in [-0.39, 0.29) is 11.7 Å². The average Bonchev–Trinajstić information content (AvgIpc) is 2.67. The lowest BCUT2D eigenvalue weighted by Gasteiger charge is -2.19. The van der Waals surface area contributed by atoms with Crippen molar-refractivity contribution < 1.29 is 9.47 Å². The Labute approximate surface area is 116 Å². The van der Waals surface area contributed by atoms with Gasteiger partial charge in [0.25, 0.3) is 0 Å². The molecule has 0 radical (unpaired) electrons. The Bertz CT molecular complexity index is 479. The Morgan fingerprint density at radius 2 is 2.33 bits per heavy atom. The molecule has 1 aliphatic heterocycles. The highest BCUT2D eigenvalue weighted by molar-refractivity contribution is 9.10. The fourth-order valence-electron chi connectivity index (χ4n) is 2.09. The number of hydrogen-bond acceptors (Lipinski definition) is 3. The second-order valence-electron chi connectivity index (χ2n) is 5.10. The molecule has 0 bridgehead atoms. The normalized spacial score (nSPS) is 21.6. The quantitative estimate of drug-likeness (QED) is 0.855. The maximum absolute atomic E-state index is 9.04. The van der Waals surface area contributed by atoms with Crippen molar-refractivity contribution in [1.29, 1.82) is 5.26 Å². The molecular formula is C14H16BrNO2. The molecule has 0 amide bonds. The van der Waals surface area contributed by atoms with E-state index in [1.165, 1.54) is 0 Å². The Morgan fingerprint density at radius 1 is 1.56 bits per heavy atom. The number of nitriles is 1. The van der Waals surface area contributed by atoms with Crippen molar-refractivity contribution in [3.8, 4) is 11.8 Å². The number of halogens is 1. The number of nitrogens with zero attached hydrogens (tertiary/aromatic N) is 1. The molecule has 1 fully saturated rings. The Kier molecular flexibility index (Phi) is 3.94. The molecule has 3 nitrogen and oxygen atoms in total. The van der Waals surface area contributed by atoms with Crippen LogP contribution in [-0.4, -0.2) is 18.3 Å². The van der Waals surface area contributed by atoms with Crippen LogP contribution in [0.2, 0.25) is 0 Å². The highest BCUT2D eigenvalue weighted by Crippen LogP contribution is 2.30. The van der Waals surface area contributed by atoms with E-state index in [4.69, 9.17) is 14.7 Å². The van der Waals surface area contributed by atoms with E-state index in [1.54, 1.807) is 6.07 Å². The van der Waals surface area contributed by atoms with Gasteiger partial charge in [-0.1, -0.05) is 15.9 Å². The first-order valence-corrected chi connectivity index (χ1v) is 6.80. The molecule has 1 unspecified atom stereocenters. The minimum atomic E-state index is -0.0498. The molecule has 1 saturated heterocycles. The zero-order valence-electron chi connectivity index (χ0n) is 10.6. The van der Waals surface area contributed by atoms with Gasteiger partial charge in [-0.3, -0.25) is 0 Å². The third-order valence-electron chi connectivity index (χ3n) is 3.04. The third kappa shape index (κ3) is 3.24. The van der Waals surface area contributed by atoms with Crippen LogP contribution in [0.5, 0.6) is 5.75 Å². The highest BCUT2D eigenvalue weighted by Gasteiger charge is 2.31. The topological polar surface area (TPSA) is 42.2 Å². The molecule has 1 aliphatic rings. The van der Waals surface area contributed by atoms with E-state index in [0.717, 1.165) is 17.3 Å². The van der Waals surface area contributed by atoms with Gasteiger partial charge in [-0.25, -0.2) is 0 Å². The van der Waals surface area contributed by atoms with Crippen LogP contribution in [0.3, 0.4) is 0 Å². The maximum atomic E-state index is 9.04. The van der Waals surface area contributed by atoms with Gasteiger partial charge < -0.3 is 9.47 Å². The van der Waals surface area contributed by atoms with E-state index >= 15 is 0 Å². The minimum Gasteiger partial charge on any atom is -0.489 e. The first-order valence-electron chi connectivity index (χ1n) is 6.00. The van der Waals surface area contributed by atoms with E-state index in [1.807, 2.05) is 12.1 Å². The fourth-order valence-corrected chi connectivity index (χ4v) is 2.45. The standard InChI is InChI=1S/C14H16BrNO2/c1-14(2)6-5-12(18-14)9-17-13-4-3-11(15)7-10(13)8-16/h3-4,7,12H,5-6,9H2,1-2H3. The van der Waals surface area contributed by atoms with Gasteiger partial charge in [0, 0.05) is 4.47 Å². The molecule has 4 heteroatoms. The van der Waals surface area contributed by atoms with Crippen LogP contribution in [0, 0.1) is 11.3 Å². The first kappa shape index (κ1) is 13.4. The molecule has 0 N–H and O–H groups in total. The van der Waals surface area contributed by atoms with Gasteiger partial charge in [-0.15, -0.1) is 0 Å². The summed E-state index contributed by atoms with van der Waals surface area (Å²) in [4.78, 5) is 0. The monoisotopic (exact) mass is 309 g/mol. The number of ether oxygens (including phenoxy) is 2. The molecule has 0 aromatic heterocycles. The highest BCUT2D eigenvalue weighted by atomic mass is 79.9. The van der Waals surface area contributed by atoms with Crippen LogP contribution < -0.4 is 4.74 Å². The van der Waals surface area contributed by atoms with E-state index in [9.17, 15) is 0 Å². The molecule has 0 aliphatic carbocycles. The Hall–Kier alpha value is -1.05. The molecule has 18 heavy (non-hydrogen) atoms. The molecule has 2 rings (SSSR count). The largest absolute Gasteiger partial charge is 0.489 e. The van der Waals surface area contributed by atoms with Crippen molar-refractivity contribution in [2.24, 2.45) is 0 Å². The summed E-state index contributed by atoms with van der Waals surface area (Å²) in [5.41, 5.74) is 0.493. The van der Waals surface area contributed by atoms with Crippen molar-refractivity contribution in [3.63, 3.8) is 0 Å². The fraction of sp³-hybridized carbons (Fsp3) is 0.500. The van der Waals surface area contributed by atoms with Gasteiger partial charge in [0.15, 0.2) is 0 Å². The molecule has 1 aromatic rings. The number of hydrogen-bond donors (Lipinski definition) is 0. The SMILES string of the molecule is CC1(C)CCC(COc2ccc(Br)cc2C#N)O1. The lowest BCUT2D eigenvalue weighted by Crippen LogP contribution is -2.24. The van der Waals surface area contributed by atoms with Crippen LogP contribution >= 0.6 is 15.9 Å². The van der Waals surface area contributed by atoms with Gasteiger partial charge in [-0.2, -0.15) is 5.26 Å². The summed E-state index contributed by atoms with van der Waals surface area (Å²) in [7, 11) is 0. The molecule has 1 aromatic carbocycles. The zero-order valence-corrected chi connectivity index (χ0v) is 12.2. The second kappa shape index (κ2) is 5.29. The van der Waals surface area contributed by atoms with Crippen molar-refractivity contribution in [2.45, 2.75) is 38.4 Å². The zero-order chi connectivity index (χ0) is 13.2. The van der Waals surface area contributed by atoms with Crippen molar-refractivity contribution >= 4 is 15.9 Å². The summed E-state index contributed by atoms with van der Waals surface area (Å²) in [5, 5.41) is 9.04. The lowest BCUT2D eigenvalue weighted by molar-refractivity contribution is -0.0326. The van der Waals surface area contributed by atoms with Crippen LogP contribution in [0.25, 0.3) is 0 Å². The number of rotatable bonds is 3. The van der Waals surface area contributed by atoms with Gasteiger partial charge in [0.2, 0.25) is 0 Å². The second-order valence-corrected chi connectivity index (χ2v) is 6.02. The summed E-state index contributed by atoms with van der Waals surface area (Å²) >= 11 is 3.34. The third-order valence-corrected chi connectivity index (χ3v) is 3.53. The summed E-state index contributed by atoms with van der Waals surface area (Å²) in [6, 6.07) is 7.57. The lowest BCUT2D eigenvalue weighted by atomic mass is 10.1. The van der Waals surface area contributed by atoms with Crippen LogP contribution in [0.15, 0.2) is 22.7 Å². The van der Waals surface area contributed by atoms with E-state index in [2.05, 4.69) is 35.8 Å². The van der Waals surface area contributed by atoms with Gasteiger partial charge in [-0.05, 0) is 44.9 Å². The van der Waals surface area contributed by atoms with Crippen LogP contribution in [0.4, 0.5) is 0 Å². The number of benzene rings is 1. The van der Waals surface area contributed by atoms with Crippen molar-refractivity contribution in [1.82, 2.24) is 0 Å². The molecular weight excluding hydrogens is 294 g/mol. The molecule has 1 heterocycles. The Morgan fingerprint density at radius 3 is 2.94 bits per heavy atom. The maximum Gasteiger partial charge on any atom is 0.137 e. The molecule has 0 spiro atoms. The van der Waals surface area contributed by atoms with Crippen molar-refractivity contribution in [3.05, 3.63) is 28.2 Å². The Balaban J connectivity index is 1.97. The average molecular weight is 310 g/mol. The van der Waals surface area contributed by atoms with Gasteiger partial charge in [0.1, 0.15) is 18.4 Å². The predicted molar refractivity (Wildman–Crippen MR) is 72.5 cm³/mol. The smallest absolute Gasteiger partial charge is 0.137 e. The summed E-state index contributed by atoms with van der Waals surface area (Å²) in [6.07, 6.45) is 2.17. The van der Waals surface area contributed by atoms with Crippen LogP contribution in [-0.2, 0) is 4.74 Å². The predicted octanol–water partition coefficient (Wildman–Crippen LogP) is 3.66. The van der Waals surface area contributed by atoms with Crippen LogP contribution in [0.1, 0.15) is 32.3 Å². The minimum absolute atomic E-state index is 0.0498. The summed E-state index contributed by atoms with van der Waals surface area (Å²) in [6.45, 7) is 4.68. The summed E-state index contributed by atoms with van der Waals surface area (Å²) in [5.74, 6) is 0.619. The van der Waals surface area contributed by atoms with Crippen molar-refractivity contribution in [2.75, 3.05) is 6.61 Å². The molecule has 1 atom stereocenters. The van der Waals surface area contributed by atoms with E-state index < -0.39 is 0 Å². The molecule has 96 valence electrons. The van der Waals surface area contributed by atoms with E-state index in [0.29, 0.717) is 17.9 Å². The van der Waals surface area contributed by atoms with Gasteiger partial charge >= 0.3 is 0 Å².